The largest absolute Gasteiger partial charge is 0.391 e. The molecule has 0 saturated carbocycles. The molecule has 0 spiro atoms. The van der Waals surface area contributed by atoms with E-state index in [0.29, 0.717) is 38.8 Å². The number of rotatable bonds is 11. The van der Waals surface area contributed by atoms with Gasteiger partial charge in [-0.05, 0) is 74.8 Å². The number of amides is 5. The average Bonchev–Trinajstić information content (AvgIpc) is 3.92. The Morgan fingerprint density at radius 3 is 2.02 bits per heavy atom. The predicted molar refractivity (Wildman–Crippen MR) is 234 cm³/mol. The van der Waals surface area contributed by atoms with Crippen molar-refractivity contribution in [1.29, 1.82) is 0 Å². The maximum Gasteiger partial charge on any atom is 0.246 e. The molecule has 5 amide bonds. The summed E-state index contributed by atoms with van der Waals surface area (Å²) in [4.78, 5) is 90.0. The maximum absolute atomic E-state index is 14.5. The number of fused-ring (bicyclic) bond motifs is 2. The Balaban J connectivity index is 1.36. The van der Waals surface area contributed by atoms with Crippen molar-refractivity contribution in [1.82, 2.24) is 36.5 Å². The first kappa shape index (κ1) is 45.0. The van der Waals surface area contributed by atoms with Crippen molar-refractivity contribution < 1.29 is 33.9 Å². The van der Waals surface area contributed by atoms with Gasteiger partial charge < -0.3 is 42.0 Å². The summed E-state index contributed by atoms with van der Waals surface area (Å²) >= 11 is 0.963. The van der Waals surface area contributed by atoms with E-state index in [2.05, 4.69) is 31.6 Å². The second-order valence-electron chi connectivity index (χ2n) is 15.7. The molecule has 4 aromatic rings. The Bertz CT molecular complexity index is 2130. The number of aromatic nitrogens is 1. The molecule has 6 rings (SSSR count). The molecule has 1 aromatic heterocycles. The van der Waals surface area contributed by atoms with Gasteiger partial charge in [-0.25, -0.2) is 0 Å². The molecule has 2 aliphatic heterocycles. The molecule has 0 radical (unpaired) electrons. The fourth-order valence-corrected chi connectivity index (χ4v) is 8.76. The smallest absolute Gasteiger partial charge is 0.246 e. The lowest BCUT2D eigenvalue weighted by Crippen LogP contribution is -2.62. The van der Waals surface area contributed by atoms with Crippen LogP contribution < -0.4 is 32.3 Å². The van der Waals surface area contributed by atoms with E-state index in [1.807, 2.05) is 84.9 Å². The van der Waals surface area contributed by atoms with Crippen LogP contribution in [0.1, 0.15) is 55.7 Å². The van der Waals surface area contributed by atoms with Crippen LogP contribution >= 0.6 is 11.8 Å². The minimum Gasteiger partial charge on any atom is -0.391 e. The summed E-state index contributed by atoms with van der Waals surface area (Å²) in [6.07, 6.45) is 2.89. The molecule has 2 fully saturated rings. The van der Waals surface area contributed by atoms with E-state index in [4.69, 9.17) is 5.73 Å². The van der Waals surface area contributed by atoms with Crippen molar-refractivity contribution >= 4 is 57.3 Å². The number of nitrogens with one attached hydrogen (secondary N) is 6. The number of benzene rings is 3. The highest BCUT2D eigenvalue weighted by atomic mass is 32.2. The zero-order valence-corrected chi connectivity index (χ0v) is 35.1. The highest BCUT2D eigenvalue weighted by Gasteiger charge is 2.40. The molecule has 9 N–H and O–H groups in total. The van der Waals surface area contributed by atoms with Crippen molar-refractivity contribution in [2.45, 2.75) is 101 Å². The van der Waals surface area contributed by atoms with Crippen LogP contribution in [-0.2, 0) is 48.0 Å². The summed E-state index contributed by atoms with van der Waals surface area (Å²) in [6, 6.07) is 19.4. The van der Waals surface area contributed by atoms with Crippen molar-refractivity contribution in [2.75, 3.05) is 19.0 Å². The molecular weight excluding hydrogens is 797 g/mol. The van der Waals surface area contributed by atoms with E-state index < -0.39 is 71.9 Å². The number of nitrogens with zero attached hydrogens (tertiary/aromatic N) is 1. The van der Waals surface area contributed by atoms with Gasteiger partial charge in [-0.3, -0.25) is 34.1 Å². The van der Waals surface area contributed by atoms with E-state index in [-0.39, 0.29) is 36.7 Å². The summed E-state index contributed by atoms with van der Waals surface area (Å²) in [7, 11) is 0. The Morgan fingerprint density at radius 1 is 0.721 bits per heavy atom. The van der Waals surface area contributed by atoms with Crippen LogP contribution in [0.25, 0.3) is 10.9 Å². The lowest BCUT2D eigenvalue weighted by molar-refractivity contribution is -0.140. The summed E-state index contributed by atoms with van der Waals surface area (Å²) in [5.74, 6) is -3.13. The quantitative estimate of drug-likeness (QED) is 0.102. The second kappa shape index (κ2) is 21.8. The molecule has 3 heterocycles. The molecule has 16 heteroatoms. The number of hydrogen-bond donors (Lipinski definition) is 8. The fraction of sp³-hybridized carbons (Fsp3) is 0.422. The number of thioether (sulfide) groups is 1. The minimum atomic E-state index is -1.52. The first-order valence-corrected chi connectivity index (χ1v) is 21.9. The highest BCUT2D eigenvalue weighted by Crippen LogP contribution is 2.25. The van der Waals surface area contributed by atoms with Crippen LogP contribution in [-0.4, -0.2) is 111 Å². The molecule has 61 heavy (non-hydrogen) atoms. The number of para-hydroxylation sites is 1. The number of hydrogen-bond acceptors (Lipinski definition) is 10. The lowest BCUT2D eigenvalue weighted by Gasteiger charge is -2.31. The van der Waals surface area contributed by atoms with Crippen molar-refractivity contribution in [3.8, 4) is 0 Å². The van der Waals surface area contributed by atoms with Gasteiger partial charge in [-0.1, -0.05) is 90.6 Å². The van der Waals surface area contributed by atoms with Gasteiger partial charge in [0.15, 0.2) is 0 Å². The second-order valence-corrected chi connectivity index (χ2v) is 16.7. The monoisotopic (exact) mass is 852 g/mol. The van der Waals surface area contributed by atoms with Gasteiger partial charge in [0.05, 0.1) is 18.0 Å². The molecule has 0 bridgehead atoms. The van der Waals surface area contributed by atoms with Gasteiger partial charge in [0.2, 0.25) is 34.7 Å². The van der Waals surface area contributed by atoms with Crippen LogP contribution in [0.2, 0.25) is 0 Å². The lowest BCUT2D eigenvalue weighted by atomic mass is 10.0. The molecule has 324 valence electrons. The Labute approximate surface area is 359 Å². The number of aromatic amines is 1. The van der Waals surface area contributed by atoms with Crippen molar-refractivity contribution in [3.63, 3.8) is 0 Å². The van der Waals surface area contributed by atoms with Gasteiger partial charge >= 0.3 is 0 Å². The van der Waals surface area contributed by atoms with Crippen LogP contribution in [0.3, 0.4) is 0 Å². The maximum atomic E-state index is 14.5. The summed E-state index contributed by atoms with van der Waals surface area (Å²) in [5.41, 5.74) is 9.00. The Morgan fingerprint density at radius 2 is 1.33 bits per heavy atom. The van der Waals surface area contributed by atoms with Gasteiger partial charge in [-0.15, -0.1) is 0 Å². The summed E-state index contributed by atoms with van der Waals surface area (Å²) in [6.45, 7) is 1.98. The Hall–Kier alpha value is -5.55. The van der Waals surface area contributed by atoms with Gasteiger partial charge in [0, 0.05) is 36.5 Å². The van der Waals surface area contributed by atoms with E-state index in [1.165, 1.54) is 11.8 Å². The van der Waals surface area contributed by atoms with Crippen molar-refractivity contribution in [3.05, 3.63) is 108 Å². The van der Waals surface area contributed by atoms with Crippen LogP contribution in [0.15, 0.2) is 91.1 Å². The zero-order valence-electron chi connectivity index (χ0n) is 34.3. The number of aliphatic hydroxyl groups is 1. The number of aliphatic hydroxyl groups excluding tert-OH is 1. The first-order valence-electron chi connectivity index (χ1n) is 20.9. The number of nitrogens with two attached hydrogens (primary N) is 1. The summed E-state index contributed by atoms with van der Waals surface area (Å²) in [5, 5.41) is 25.9. The van der Waals surface area contributed by atoms with E-state index >= 15 is 0 Å². The molecular formula is C45H56N8O7S. The molecule has 3 aromatic carbocycles. The topological polar surface area (TPSA) is 228 Å². The van der Waals surface area contributed by atoms with Crippen molar-refractivity contribution in [2.24, 2.45) is 5.73 Å². The van der Waals surface area contributed by atoms with E-state index in [0.717, 1.165) is 39.4 Å². The molecule has 15 nitrogen and oxygen atoms in total. The fourth-order valence-electron chi connectivity index (χ4n) is 7.90. The molecule has 2 saturated heterocycles. The third-order valence-electron chi connectivity index (χ3n) is 11.2. The van der Waals surface area contributed by atoms with Gasteiger partial charge in [-0.2, -0.15) is 0 Å². The third kappa shape index (κ3) is 12.1. The summed E-state index contributed by atoms with van der Waals surface area (Å²) < 4.78 is 0. The first-order chi connectivity index (χ1) is 29.5. The highest BCUT2D eigenvalue weighted by molar-refractivity contribution is 8.13. The Kier molecular flexibility index (Phi) is 16.1. The van der Waals surface area contributed by atoms with Crippen LogP contribution in [0.5, 0.6) is 0 Å². The van der Waals surface area contributed by atoms with Gasteiger partial charge in [0.25, 0.3) is 0 Å². The van der Waals surface area contributed by atoms with E-state index in [1.54, 1.807) is 6.20 Å². The number of carbonyl (C=O) groups excluding carboxylic acids is 6. The van der Waals surface area contributed by atoms with Crippen LogP contribution in [0, 0.1) is 0 Å². The number of unbranched alkanes of at least 4 members (excludes halogenated alkanes) is 1. The third-order valence-corrected chi connectivity index (χ3v) is 12.1. The average molecular weight is 853 g/mol. The normalized spacial score (nSPS) is 24.3. The number of carbonyl (C=O) groups is 6. The molecule has 0 aliphatic carbocycles. The molecule has 7 atom stereocenters. The van der Waals surface area contributed by atoms with Gasteiger partial charge in [0.1, 0.15) is 30.2 Å². The minimum absolute atomic E-state index is 0.0330. The molecule has 7 unspecified atom stereocenters. The SMILES string of the molecule is CC(O)C1NC(=O)C(CCCCN)NC(=O)C(Cc2c[nH]c3ccccc23)NC(=O)C(Cc2ccccc2)NCSC(=O)C2CCCN2C(=O)C(Cc2ccccc2)NC1=O. The zero-order chi connectivity index (χ0) is 43.3. The van der Waals surface area contributed by atoms with Crippen LogP contribution in [0.4, 0.5) is 0 Å². The standard InChI is InChI=1S/C45H56N8O7S/c1-28(54)39-43(58)51-37(24-30-15-6-3-7-16-30)44(59)53-22-12-20-38(53)45(60)61-27-48-35(23-29-13-4-2-5-14-29)41(56)50-36(25-31-26-47-33-18-9-8-17-32(31)33)42(57)49-34(40(55)52-39)19-10-11-21-46/h2-9,13-18,26,28,34-39,47-48,54H,10-12,19-25,27,46H2,1H3,(H,49,57)(H,50,56)(H,51,58)(H,52,55). The number of H-pyrrole nitrogens is 1. The molecule has 2 aliphatic rings. The predicted octanol–water partition coefficient (Wildman–Crippen LogP) is 1.82. The van der Waals surface area contributed by atoms with E-state index in [9.17, 15) is 33.9 Å².